The SMILES string of the molecule is [c]1cc2c(nn1)OCCS2. The molecule has 51 valence electrons. The quantitative estimate of drug-likeness (QED) is 0.551. The van der Waals surface area contributed by atoms with Crippen LogP contribution in [0.15, 0.2) is 11.0 Å². The zero-order valence-corrected chi connectivity index (χ0v) is 6.02. The molecule has 0 saturated carbocycles. The Labute approximate surface area is 62.8 Å². The van der Waals surface area contributed by atoms with Crippen LogP contribution in [0.1, 0.15) is 0 Å². The summed E-state index contributed by atoms with van der Waals surface area (Å²) in [5.74, 6) is 1.64. The van der Waals surface area contributed by atoms with Crippen LogP contribution in [0.4, 0.5) is 0 Å². The van der Waals surface area contributed by atoms with Crippen molar-refractivity contribution in [2.75, 3.05) is 12.4 Å². The van der Waals surface area contributed by atoms with E-state index in [-0.39, 0.29) is 0 Å². The molecule has 1 aromatic rings. The lowest BCUT2D eigenvalue weighted by atomic mass is 10.5. The van der Waals surface area contributed by atoms with Crippen molar-refractivity contribution in [1.29, 1.82) is 0 Å². The maximum absolute atomic E-state index is 5.21. The summed E-state index contributed by atoms with van der Waals surface area (Å²) < 4.78 is 5.21. The Kier molecular flexibility index (Phi) is 1.47. The van der Waals surface area contributed by atoms with Crippen LogP contribution in [0.5, 0.6) is 5.88 Å². The molecule has 2 heterocycles. The Balaban J connectivity index is 2.41. The van der Waals surface area contributed by atoms with Gasteiger partial charge in [0.2, 0.25) is 5.88 Å². The van der Waals surface area contributed by atoms with Crippen molar-refractivity contribution < 1.29 is 4.74 Å². The summed E-state index contributed by atoms with van der Waals surface area (Å²) in [6, 6.07) is 1.80. The highest BCUT2D eigenvalue weighted by Crippen LogP contribution is 2.29. The lowest BCUT2D eigenvalue weighted by molar-refractivity contribution is 0.311. The Bertz CT molecular complexity index is 216. The molecule has 2 rings (SSSR count). The first-order chi connectivity index (χ1) is 4.97. The lowest BCUT2D eigenvalue weighted by Crippen LogP contribution is -2.08. The molecule has 0 amide bonds. The van der Waals surface area contributed by atoms with E-state index in [1.54, 1.807) is 17.8 Å². The normalized spacial score (nSPS) is 15.6. The van der Waals surface area contributed by atoms with E-state index >= 15 is 0 Å². The van der Waals surface area contributed by atoms with Crippen LogP contribution >= 0.6 is 11.8 Å². The Hall–Kier alpha value is -0.770. The van der Waals surface area contributed by atoms with Crippen LogP contribution in [-0.4, -0.2) is 22.6 Å². The summed E-state index contributed by atoms with van der Waals surface area (Å²) in [5, 5.41) is 7.36. The first-order valence-corrected chi connectivity index (χ1v) is 3.95. The van der Waals surface area contributed by atoms with E-state index in [2.05, 4.69) is 16.4 Å². The zero-order valence-electron chi connectivity index (χ0n) is 5.20. The van der Waals surface area contributed by atoms with Gasteiger partial charge in [0, 0.05) is 5.75 Å². The molecule has 1 aliphatic rings. The highest BCUT2D eigenvalue weighted by molar-refractivity contribution is 7.99. The molecule has 0 spiro atoms. The van der Waals surface area contributed by atoms with Gasteiger partial charge in [-0.25, -0.2) is 0 Å². The van der Waals surface area contributed by atoms with Crippen LogP contribution in [-0.2, 0) is 0 Å². The van der Waals surface area contributed by atoms with Gasteiger partial charge in [-0.3, -0.25) is 0 Å². The van der Waals surface area contributed by atoms with Gasteiger partial charge >= 0.3 is 0 Å². The van der Waals surface area contributed by atoms with Crippen molar-refractivity contribution in [1.82, 2.24) is 10.2 Å². The van der Waals surface area contributed by atoms with Crippen LogP contribution in [0.25, 0.3) is 0 Å². The molecule has 3 nitrogen and oxygen atoms in total. The van der Waals surface area contributed by atoms with E-state index < -0.39 is 0 Å². The van der Waals surface area contributed by atoms with Crippen LogP contribution in [0.3, 0.4) is 0 Å². The summed E-state index contributed by atoms with van der Waals surface area (Å²) in [5.41, 5.74) is 0. The second-order valence-electron chi connectivity index (χ2n) is 1.84. The van der Waals surface area contributed by atoms with Crippen LogP contribution < -0.4 is 4.74 Å². The molecule has 1 radical (unpaired) electrons. The molecule has 10 heavy (non-hydrogen) atoms. The predicted octanol–water partition coefficient (Wildman–Crippen LogP) is 0.761. The molecule has 1 aromatic heterocycles. The van der Waals surface area contributed by atoms with Crippen molar-refractivity contribution in [2.24, 2.45) is 0 Å². The first kappa shape index (κ1) is 5.97. The maximum Gasteiger partial charge on any atom is 0.247 e. The van der Waals surface area contributed by atoms with Gasteiger partial charge in [-0.15, -0.1) is 22.0 Å². The predicted molar refractivity (Wildman–Crippen MR) is 37.1 cm³/mol. The molecule has 0 fully saturated rings. The smallest absolute Gasteiger partial charge is 0.247 e. The topological polar surface area (TPSA) is 35.0 Å². The van der Waals surface area contributed by atoms with Gasteiger partial charge < -0.3 is 4.74 Å². The molecule has 0 saturated heterocycles. The third-order valence-electron chi connectivity index (χ3n) is 1.18. The van der Waals surface area contributed by atoms with Crippen molar-refractivity contribution in [3.63, 3.8) is 0 Å². The van der Waals surface area contributed by atoms with E-state index in [1.807, 2.05) is 0 Å². The van der Waals surface area contributed by atoms with E-state index in [9.17, 15) is 0 Å². The Morgan fingerprint density at radius 1 is 1.70 bits per heavy atom. The number of hydrogen-bond acceptors (Lipinski definition) is 4. The highest BCUT2D eigenvalue weighted by atomic mass is 32.2. The number of nitrogens with zero attached hydrogens (tertiary/aromatic N) is 2. The maximum atomic E-state index is 5.21. The average Bonchev–Trinajstić information content (AvgIpc) is 2.05. The van der Waals surface area contributed by atoms with E-state index in [1.165, 1.54) is 0 Å². The number of rotatable bonds is 0. The molecule has 1 aliphatic heterocycles. The summed E-state index contributed by atoms with van der Waals surface area (Å²) in [6.45, 7) is 0.732. The average molecular weight is 153 g/mol. The minimum atomic E-state index is 0.648. The molecule has 0 N–H and O–H groups in total. The number of ether oxygens (including phenoxy) is 1. The molecule has 0 aromatic carbocycles. The molecular formula is C6H5N2OS. The van der Waals surface area contributed by atoms with Crippen molar-refractivity contribution in [3.05, 3.63) is 12.3 Å². The van der Waals surface area contributed by atoms with Crippen molar-refractivity contribution in [3.8, 4) is 5.88 Å². The van der Waals surface area contributed by atoms with Crippen molar-refractivity contribution in [2.45, 2.75) is 4.90 Å². The molecule has 4 heteroatoms. The summed E-state index contributed by atoms with van der Waals surface area (Å²) in [6.07, 6.45) is 2.66. The van der Waals surface area contributed by atoms with Gasteiger partial charge in [0.05, 0.1) is 11.5 Å². The van der Waals surface area contributed by atoms with Crippen LogP contribution in [0, 0.1) is 6.20 Å². The standard InChI is InChI=1S/C6H5N2OS/c1-2-7-8-6-5(1)10-4-3-9-6/h1H,3-4H2. The van der Waals surface area contributed by atoms with Crippen LogP contribution in [0.2, 0.25) is 0 Å². The second-order valence-corrected chi connectivity index (χ2v) is 2.98. The summed E-state index contributed by atoms with van der Waals surface area (Å²) in [7, 11) is 0. The summed E-state index contributed by atoms with van der Waals surface area (Å²) in [4.78, 5) is 1.04. The fourth-order valence-corrected chi connectivity index (χ4v) is 1.51. The third kappa shape index (κ3) is 0.945. The number of aromatic nitrogens is 2. The minimum absolute atomic E-state index is 0.648. The van der Waals surface area contributed by atoms with Gasteiger partial charge in [-0.2, -0.15) is 0 Å². The Morgan fingerprint density at radius 2 is 2.70 bits per heavy atom. The van der Waals surface area contributed by atoms with E-state index in [0.717, 1.165) is 17.3 Å². The van der Waals surface area contributed by atoms with Gasteiger partial charge in [-0.05, 0) is 6.07 Å². The molecule has 0 aliphatic carbocycles. The Morgan fingerprint density at radius 3 is 3.60 bits per heavy atom. The summed E-state index contributed by atoms with van der Waals surface area (Å²) >= 11 is 1.73. The van der Waals surface area contributed by atoms with Gasteiger partial charge in [0.25, 0.3) is 0 Å². The number of thioether (sulfide) groups is 1. The van der Waals surface area contributed by atoms with E-state index in [0.29, 0.717) is 5.88 Å². The van der Waals surface area contributed by atoms with Crippen molar-refractivity contribution >= 4 is 11.8 Å². The third-order valence-corrected chi connectivity index (χ3v) is 2.16. The van der Waals surface area contributed by atoms with Gasteiger partial charge in [-0.1, -0.05) is 0 Å². The minimum Gasteiger partial charge on any atom is -0.475 e. The molecular weight excluding hydrogens is 148 g/mol. The number of fused-ring (bicyclic) bond motifs is 1. The monoisotopic (exact) mass is 153 g/mol. The molecule has 0 atom stereocenters. The molecule has 0 unspecified atom stereocenters. The van der Waals surface area contributed by atoms with Gasteiger partial charge in [0.1, 0.15) is 6.20 Å². The first-order valence-electron chi connectivity index (χ1n) is 2.96. The zero-order chi connectivity index (χ0) is 6.81. The highest BCUT2D eigenvalue weighted by Gasteiger charge is 2.10. The largest absolute Gasteiger partial charge is 0.475 e. The molecule has 0 bridgehead atoms. The van der Waals surface area contributed by atoms with E-state index in [4.69, 9.17) is 4.74 Å². The number of hydrogen-bond donors (Lipinski definition) is 0. The van der Waals surface area contributed by atoms with Gasteiger partial charge in [0.15, 0.2) is 0 Å². The fourth-order valence-electron chi connectivity index (χ4n) is 0.766. The fraction of sp³-hybridized carbons (Fsp3) is 0.333. The lowest BCUT2D eigenvalue weighted by Gasteiger charge is -2.12. The second kappa shape index (κ2) is 2.46.